The Balaban J connectivity index is 1.84. The van der Waals surface area contributed by atoms with Crippen LogP contribution in [0.2, 0.25) is 0 Å². The van der Waals surface area contributed by atoms with E-state index < -0.39 is 17.3 Å². The van der Waals surface area contributed by atoms with Crippen LogP contribution >= 0.6 is 15.9 Å². The zero-order chi connectivity index (χ0) is 18.5. The van der Waals surface area contributed by atoms with Crippen LogP contribution in [0.3, 0.4) is 0 Å². The molecule has 0 spiro atoms. The molecule has 1 amide bonds. The first-order valence-corrected chi connectivity index (χ1v) is 9.57. The Labute approximate surface area is 158 Å². The predicted octanol–water partition coefficient (Wildman–Crippen LogP) is 1.67. The third-order valence-corrected chi connectivity index (χ3v) is 5.59. The van der Waals surface area contributed by atoms with Crippen LogP contribution in [0.25, 0.3) is 5.65 Å². The van der Waals surface area contributed by atoms with E-state index >= 15 is 0 Å². The van der Waals surface area contributed by atoms with Crippen molar-refractivity contribution in [3.05, 3.63) is 26.6 Å². The number of amides is 1. The Bertz CT molecular complexity index is 925. The molecule has 0 radical (unpaired) electrons. The van der Waals surface area contributed by atoms with Crippen molar-refractivity contribution >= 4 is 27.5 Å². The van der Waals surface area contributed by atoms with E-state index in [0.29, 0.717) is 30.0 Å². The SMILES string of the molecule is CC1(Cn2c(=O)c(C(=O)NC3CC3)c(O)n3nc(Br)cc23)CCOCC1. The van der Waals surface area contributed by atoms with Gasteiger partial charge in [-0.15, -0.1) is 0 Å². The first-order chi connectivity index (χ1) is 12.4. The number of hydrogen-bond donors (Lipinski definition) is 2. The summed E-state index contributed by atoms with van der Waals surface area (Å²) in [6.45, 7) is 3.84. The van der Waals surface area contributed by atoms with E-state index in [1.807, 2.05) is 0 Å². The maximum Gasteiger partial charge on any atom is 0.270 e. The van der Waals surface area contributed by atoms with Crippen molar-refractivity contribution in [2.75, 3.05) is 13.2 Å². The van der Waals surface area contributed by atoms with Gasteiger partial charge in [0.1, 0.15) is 10.3 Å². The van der Waals surface area contributed by atoms with Crippen LogP contribution in [0.5, 0.6) is 5.88 Å². The number of aromatic hydroxyl groups is 1. The third kappa shape index (κ3) is 3.14. The molecule has 2 aromatic rings. The van der Waals surface area contributed by atoms with Gasteiger partial charge in [-0.3, -0.25) is 14.2 Å². The summed E-state index contributed by atoms with van der Waals surface area (Å²) in [6.07, 6.45) is 3.44. The minimum absolute atomic E-state index is 0.0859. The number of nitrogens with zero attached hydrogens (tertiary/aromatic N) is 3. The molecular formula is C17H21BrN4O4. The van der Waals surface area contributed by atoms with Crippen molar-refractivity contribution < 1.29 is 14.6 Å². The lowest BCUT2D eigenvalue weighted by Gasteiger charge is -2.34. The van der Waals surface area contributed by atoms with E-state index in [1.165, 1.54) is 4.52 Å². The lowest BCUT2D eigenvalue weighted by atomic mass is 9.82. The molecule has 8 nitrogen and oxygen atoms in total. The second kappa shape index (κ2) is 6.38. The number of ether oxygens (including phenoxy) is 1. The third-order valence-electron chi connectivity index (χ3n) is 5.20. The van der Waals surface area contributed by atoms with Gasteiger partial charge < -0.3 is 15.2 Å². The lowest BCUT2D eigenvalue weighted by molar-refractivity contribution is 0.0154. The number of carbonyl (C=O) groups is 1. The summed E-state index contributed by atoms with van der Waals surface area (Å²) in [5.74, 6) is -0.975. The molecule has 0 atom stereocenters. The molecule has 1 aliphatic heterocycles. The van der Waals surface area contributed by atoms with E-state index in [0.717, 1.165) is 25.7 Å². The number of carbonyl (C=O) groups excluding carboxylic acids is 1. The number of halogens is 1. The molecule has 3 heterocycles. The zero-order valence-corrected chi connectivity index (χ0v) is 16.1. The largest absolute Gasteiger partial charge is 0.492 e. The Morgan fingerprint density at radius 1 is 1.46 bits per heavy atom. The number of fused-ring (bicyclic) bond motifs is 1. The fourth-order valence-electron chi connectivity index (χ4n) is 3.37. The molecule has 2 aromatic heterocycles. The Morgan fingerprint density at radius 2 is 2.15 bits per heavy atom. The maximum absolute atomic E-state index is 13.1. The summed E-state index contributed by atoms with van der Waals surface area (Å²) in [7, 11) is 0. The molecule has 0 bridgehead atoms. The summed E-state index contributed by atoms with van der Waals surface area (Å²) >= 11 is 3.29. The van der Waals surface area contributed by atoms with E-state index in [9.17, 15) is 14.7 Å². The van der Waals surface area contributed by atoms with Gasteiger partial charge in [0.25, 0.3) is 11.5 Å². The first-order valence-electron chi connectivity index (χ1n) is 8.78. The van der Waals surface area contributed by atoms with Crippen molar-refractivity contribution in [2.24, 2.45) is 5.41 Å². The van der Waals surface area contributed by atoms with E-state index in [-0.39, 0.29) is 17.0 Å². The molecule has 1 saturated carbocycles. The van der Waals surface area contributed by atoms with Crippen molar-refractivity contribution in [3.8, 4) is 5.88 Å². The average Bonchev–Trinajstić information content (AvgIpc) is 3.31. The van der Waals surface area contributed by atoms with Gasteiger partial charge in [-0.05, 0) is 47.0 Å². The highest BCUT2D eigenvalue weighted by molar-refractivity contribution is 9.10. The van der Waals surface area contributed by atoms with Crippen LogP contribution in [0, 0.1) is 5.41 Å². The van der Waals surface area contributed by atoms with Crippen LogP contribution in [-0.4, -0.2) is 44.5 Å². The second-order valence-electron chi connectivity index (χ2n) is 7.50. The summed E-state index contributed by atoms with van der Waals surface area (Å²) in [6, 6.07) is 1.76. The standard InChI is InChI=1S/C17H21BrN4O4/c1-17(4-6-26-7-5-17)9-21-12-8-11(18)20-22(12)16(25)13(15(21)24)14(23)19-10-2-3-10/h8,10,25H,2-7,9H2,1H3,(H,19,23). The van der Waals surface area contributed by atoms with Gasteiger partial charge in [-0.2, -0.15) is 9.61 Å². The molecule has 2 N–H and O–H groups in total. The minimum Gasteiger partial charge on any atom is -0.492 e. The number of rotatable bonds is 4. The number of hydrogen-bond acceptors (Lipinski definition) is 5. The fraction of sp³-hybridized carbons (Fsp3) is 0.588. The van der Waals surface area contributed by atoms with Crippen molar-refractivity contribution in [2.45, 2.75) is 45.2 Å². The zero-order valence-electron chi connectivity index (χ0n) is 14.5. The minimum atomic E-state index is -0.547. The van der Waals surface area contributed by atoms with E-state index in [4.69, 9.17) is 4.74 Å². The van der Waals surface area contributed by atoms with Crippen molar-refractivity contribution in [1.82, 2.24) is 19.5 Å². The van der Waals surface area contributed by atoms with Crippen LogP contribution in [-0.2, 0) is 11.3 Å². The van der Waals surface area contributed by atoms with Crippen LogP contribution in [0.15, 0.2) is 15.5 Å². The molecule has 4 rings (SSSR count). The molecular weight excluding hydrogens is 404 g/mol. The van der Waals surface area contributed by atoms with Gasteiger partial charge >= 0.3 is 0 Å². The summed E-state index contributed by atoms with van der Waals surface area (Å²) in [5, 5.41) is 17.5. The van der Waals surface area contributed by atoms with Gasteiger partial charge in [-0.25, -0.2) is 0 Å². The quantitative estimate of drug-likeness (QED) is 0.777. The molecule has 0 aromatic carbocycles. The fourth-order valence-corrected chi connectivity index (χ4v) is 3.74. The van der Waals surface area contributed by atoms with Crippen LogP contribution < -0.4 is 10.9 Å². The first kappa shape index (κ1) is 17.5. The van der Waals surface area contributed by atoms with Crippen LogP contribution in [0.4, 0.5) is 0 Å². The van der Waals surface area contributed by atoms with Gasteiger partial charge in [0.2, 0.25) is 5.88 Å². The number of aromatic nitrogens is 3. The van der Waals surface area contributed by atoms with E-state index in [1.54, 1.807) is 10.6 Å². The molecule has 0 unspecified atom stereocenters. The monoisotopic (exact) mass is 424 g/mol. The van der Waals surface area contributed by atoms with Gasteiger partial charge in [0.05, 0.1) is 0 Å². The molecule has 1 aliphatic carbocycles. The summed E-state index contributed by atoms with van der Waals surface area (Å²) in [4.78, 5) is 25.7. The number of nitrogens with one attached hydrogen (secondary N) is 1. The molecule has 26 heavy (non-hydrogen) atoms. The smallest absolute Gasteiger partial charge is 0.270 e. The summed E-state index contributed by atoms with van der Waals surface area (Å²) < 4.78 is 8.72. The normalized spacial score (nSPS) is 19.6. The maximum atomic E-state index is 13.1. The van der Waals surface area contributed by atoms with Gasteiger partial charge in [-0.1, -0.05) is 6.92 Å². The highest BCUT2D eigenvalue weighted by Crippen LogP contribution is 2.32. The molecule has 2 fully saturated rings. The predicted molar refractivity (Wildman–Crippen MR) is 97.5 cm³/mol. The topological polar surface area (TPSA) is 97.9 Å². The second-order valence-corrected chi connectivity index (χ2v) is 8.31. The molecule has 9 heteroatoms. The summed E-state index contributed by atoms with van der Waals surface area (Å²) in [5.41, 5.74) is -0.417. The molecule has 1 saturated heterocycles. The highest BCUT2D eigenvalue weighted by atomic mass is 79.9. The molecule has 2 aliphatic rings. The highest BCUT2D eigenvalue weighted by Gasteiger charge is 2.33. The van der Waals surface area contributed by atoms with Gasteiger partial charge in [0, 0.05) is 31.9 Å². The van der Waals surface area contributed by atoms with Gasteiger partial charge in [0.15, 0.2) is 5.56 Å². The lowest BCUT2D eigenvalue weighted by Crippen LogP contribution is -2.39. The Morgan fingerprint density at radius 3 is 2.81 bits per heavy atom. The van der Waals surface area contributed by atoms with E-state index in [2.05, 4.69) is 33.3 Å². The van der Waals surface area contributed by atoms with Crippen LogP contribution in [0.1, 0.15) is 43.0 Å². The van der Waals surface area contributed by atoms with Crippen molar-refractivity contribution in [3.63, 3.8) is 0 Å². The average molecular weight is 425 g/mol. The van der Waals surface area contributed by atoms with Crippen molar-refractivity contribution in [1.29, 1.82) is 0 Å². The Kier molecular flexibility index (Phi) is 4.31. The Hall–Kier alpha value is -1.87. The molecule has 140 valence electrons.